The Morgan fingerprint density at radius 3 is 1.93 bits per heavy atom. The molecule has 2 aromatic carbocycles. The highest BCUT2D eigenvalue weighted by Crippen LogP contribution is 2.38. The lowest BCUT2D eigenvalue weighted by Gasteiger charge is -2.25. The molecule has 0 N–H and O–H groups in total. The molecule has 0 aliphatic rings. The summed E-state index contributed by atoms with van der Waals surface area (Å²) in [7, 11) is 4.53. The summed E-state index contributed by atoms with van der Waals surface area (Å²) in [5, 5.41) is 0. The van der Waals surface area contributed by atoms with Crippen molar-refractivity contribution in [3.05, 3.63) is 53.6 Å². The molecule has 0 bridgehead atoms. The van der Waals surface area contributed by atoms with Crippen LogP contribution in [0.4, 0.5) is 0 Å². The van der Waals surface area contributed by atoms with Gasteiger partial charge >= 0.3 is 5.97 Å². The number of ether oxygens (including phenoxy) is 4. The smallest absolute Gasteiger partial charge is 0.311 e. The molecule has 2 aromatic rings. The van der Waals surface area contributed by atoms with E-state index in [2.05, 4.69) is 0 Å². The number of hydrogen-bond acceptors (Lipinski definition) is 6. The fraction of sp³-hybridized carbons (Fsp3) is 0.391. The molecule has 0 aromatic heterocycles. The third-order valence-corrected chi connectivity index (χ3v) is 4.72. The summed E-state index contributed by atoms with van der Waals surface area (Å²) >= 11 is 0. The molecule has 0 unspecified atom stereocenters. The Bertz CT molecular complexity index is 823. The van der Waals surface area contributed by atoms with Crippen molar-refractivity contribution >= 4 is 11.9 Å². The van der Waals surface area contributed by atoms with Crippen molar-refractivity contribution < 1.29 is 28.5 Å². The highest BCUT2D eigenvalue weighted by atomic mass is 16.5. The fourth-order valence-corrected chi connectivity index (χ4v) is 3.17. The molecule has 0 aliphatic heterocycles. The van der Waals surface area contributed by atoms with Crippen LogP contribution in [-0.4, -0.2) is 51.2 Å². The average Bonchev–Trinajstić information content (AvgIpc) is 2.77. The number of methoxy groups -OCH3 is 3. The third kappa shape index (κ3) is 5.43. The van der Waals surface area contributed by atoms with Crippen LogP contribution in [0, 0.1) is 0 Å². The molecule has 0 saturated carbocycles. The number of carbonyl (C=O) groups excluding carboxylic acids is 2. The fourth-order valence-electron chi connectivity index (χ4n) is 3.17. The van der Waals surface area contributed by atoms with Crippen LogP contribution in [-0.2, 0) is 20.7 Å². The van der Waals surface area contributed by atoms with Gasteiger partial charge in [-0.05, 0) is 31.5 Å². The number of amides is 1. The van der Waals surface area contributed by atoms with E-state index >= 15 is 0 Å². The van der Waals surface area contributed by atoms with Crippen LogP contribution in [0.1, 0.15) is 31.1 Å². The Balaban J connectivity index is 2.27. The second kappa shape index (κ2) is 11.1. The van der Waals surface area contributed by atoms with E-state index in [0.717, 1.165) is 0 Å². The van der Waals surface area contributed by atoms with Gasteiger partial charge in [-0.1, -0.05) is 30.3 Å². The first-order valence-corrected chi connectivity index (χ1v) is 9.81. The van der Waals surface area contributed by atoms with Crippen LogP contribution in [0.3, 0.4) is 0 Å². The minimum absolute atomic E-state index is 0.0500. The van der Waals surface area contributed by atoms with Crippen LogP contribution in [0.5, 0.6) is 17.2 Å². The molecule has 1 atom stereocenters. The van der Waals surface area contributed by atoms with E-state index in [-0.39, 0.29) is 12.3 Å². The summed E-state index contributed by atoms with van der Waals surface area (Å²) in [6.45, 7) is 4.84. The van der Waals surface area contributed by atoms with Gasteiger partial charge in [-0.15, -0.1) is 0 Å². The Kier molecular flexibility index (Phi) is 8.53. The van der Waals surface area contributed by atoms with Crippen molar-refractivity contribution in [1.29, 1.82) is 0 Å². The number of hydrogen-bond donors (Lipinski definition) is 0. The number of carbonyl (C=O) groups is 2. The second-order valence-corrected chi connectivity index (χ2v) is 6.50. The van der Waals surface area contributed by atoms with Crippen LogP contribution < -0.4 is 14.2 Å². The van der Waals surface area contributed by atoms with E-state index in [4.69, 9.17) is 18.9 Å². The summed E-state index contributed by atoms with van der Waals surface area (Å²) in [4.78, 5) is 27.4. The molecule has 30 heavy (non-hydrogen) atoms. The molecular formula is C23H29NO6. The predicted molar refractivity (Wildman–Crippen MR) is 113 cm³/mol. The van der Waals surface area contributed by atoms with Crippen molar-refractivity contribution in [1.82, 2.24) is 4.90 Å². The van der Waals surface area contributed by atoms with Crippen LogP contribution in [0.2, 0.25) is 0 Å². The lowest BCUT2D eigenvalue weighted by atomic mass is 10.1. The Morgan fingerprint density at radius 2 is 1.47 bits per heavy atom. The van der Waals surface area contributed by atoms with E-state index in [1.54, 1.807) is 29.2 Å². The van der Waals surface area contributed by atoms with Gasteiger partial charge < -0.3 is 23.8 Å². The number of benzene rings is 2. The lowest BCUT2D eigenvalue weighted by molar-refractivity contribution is -0.160. The second-order valence-electron chi connectivity index (χ2n) is 6.50. The molecule has 0 fully saturated rings. The molecule has 7 heteroatoms. The van der Waals surface area contributed by atoms with Gasteiger partial charge in [0.05, 0.1) is 27.8 Å². The molecule has 0 radical (unpaired) electrons. The minimum Gasteiger partial charge on any atom is -0.493 e. The highest BCUT2D eigenvalue weighted by Gasteiger charge is 2.28. The molecule has 2 rings (SSSR count). The monoisotopic (exact) mass is 415 g/mol. The number of rotatable bonds is 10. The summed E-state index contributed by atoms with van der Waals surface area (Å²) in [6.07, 6.45) is -1.05. The van der Waals surface area contributed by atoms with E-state index in [1.165, 1.54) is 21.3 Å². The summed E-state index contributed by atoms with van der Waals surface area (Å²) < 4.78 is 21.6. The molecule has 0 aliphatic carbocycles. The zero-order valence-electron chi connectivity index (χ0n) is 18.1. The van der Waals surface area contributed by atoms with Gasteiger partial charge in [0.1, 0.15) is 0 Å². The van der Waals surface area contributed by atoms with Crippen molar-refractivity contribution in [2.45, 2.75) is 26.4 Å². The van der Waals surface area contributed by atoms with E-state index in [1.807, 2.05) is 32.0 Å². The summed E-state index contributed by atoms with van der Waals surface area (Å²) in [5.74, 6) is 0.552. The van der Waals surface area contributed by atoms with Gasteiger partial charge in [-0.3, -0.25) is 9.59 Å². The first kappa shape index (κ1) is 23.1. The zero-order valence-corrected chi connectivity index (χ0v) is 18.1. The maximum Gasteiger partial charge on any atom is 0.311 e. The van der Waals surface area contributed by atoms with Crippen LogP contribution in [0.15, 0.2) is 42.5 Å². The van der Waals surface area contributed by atoms with Gasteiger partial charge in [-0.25, -0.2) is 0 Å². The standard InChI is InChI=1S/C23H29NO6/c1-6-24(7-2)23(26)21(17-11-9-8-10-12-17)30-20(25)15-16-13-18(27-3)22(29-5)19(14-16)28-4/h8-14,21H,6-7,15H2,1-5H3/t21-/m0/s1. The van der Waals surface area contributed by atoms with E-state index in [9.17, 15) is 9.59 Å². The molecule has 0 spiro atoms. The van der Waals surface area contributed by atoms with Gasteiger partial charge in [0.2, 0.25) is 11.9 Å². The number of esters is 1. The molecule has 7 nitrogen and oxygen atoms in total. The van der Waals surface area contributed by atoms with Crippen LogP contribution in [0.25, 0.3) is 0 Å². The normalized spacial score (nSPS) is 11.4. The minimum atomic E-state index is -0.999. The first-order valence-electron chi connectivity index (χ1n) is 9.81. The van der Waals surface area contributed by atoms with Crippen molar-refractivity contribution in [3.63, 3.8) is 0 Å². The molecular weight excluding hydrogens is 386 g/mol. The summed E-state index contributed by atoms with van der Waals surface area (Å²) in [5.41, 5.74) is 1.25. The topological polar surface area (TPSA) is 74.3 Å². The Hall–Kier alpha value is -3.22. The molecule has 162 valence electrons. The first-order chi connectivity index (χ1) is 14.5. The van der Waals surface area contributed by atoms with Gasteiger partial charge in [0.15, 0.2) is 11.5 Å². The van der Waals surface area contributed by atoms with Gasteiger partial charge in [0, 0.05) is 18.7 Å². The van der Waals surface area contributed by atoms with Gasteiger partial charge in [0.25, 0.3) is 5.91 Å². The molecule has 1 amide bonds. The van der Waals surface area contributed by atoms with Crippen molar-refractivity contribution in [2.24, 2.45) is 0 Å². The summed E-state index contributed by atoms with van der Waals surface area (Å²) in [6, 6.07) is 12.4. The van der Waals surface area contributed by atoms with E-state index < -0.39 is 12.1 Å². The Morgan fingerprint density at radius 1 is 0.900 bits per heavy atom. The highest BCUT2D eigenvalue weighted by molar-refractivity contribution is 5.85. The number of nitrogens with zero attached hydrogens (tertiary/aromatic N) is 1. The number of likely N-dealkylation sites (N-methyl/N-ethyl adjacent to an activating group) is 1. The lowest BCUT2D eigenvalue weighted by Crippen LogP contribution is -2.36. The van der Waals surface area contributed by atoms with E-state index in [0.29, 0.717) is 41.5 Å². The maximum atomic E-state index is 13.0. The van der Waals surface area contributed by atoms with Crippen molar-refractivity contribution in [2.75, 3.05) is 34.4 Å². The average molecular weight is 415 g/mol. The maximum absolute atomic E-state index is 13.0. The van der Waals surface area contributed by atoms with Gasteiger partial charge in [-0.2, -0.15) is 0 Å². The zero-order chi connectivity index (χ0) is 22.1. The van der Waals surface area contributed by atoms with Crippen molar-refractivity contribution in [3.8, 4) is 17.2 Å². The predicted octanol–water partition coefficient (Wildman–Crippen LogP) is 3.41. The molecule has 0 heterocycles. The largest absolute Gasteiger partial charge is 0.493 e. The van der Waals surface area contributed by atoms with Crippen LogP contribution >= 0.6 is 0 Å². The quantitative estimate of drug-likeness (QED) is 0.554. The molecule has 0 saturated heterocycles. The SMILES string of the molecule is CCN(CC)C(=O)[C@@H](OC(=O)Cc1cc(OC)c(OC)c(OC)c1)c1ccccc1. The Labute approximate surface area is 177 Å². The third-order valence-electron chi connectivity index (χ3n) is 4.72.